The number of alkyl halides is 12. The predicted octanol–water partition coefficient (Wildman–Crippen LogP) is 11.9. The molecule has 0 radical (unpaired) electrons. The third-order valence-corrected chi connectivity index (χ3v) is 17.0. The maximum absolute atomic E-state index is 15.5. The summed E-state index contributed by atoms with van der Waals surface area (Å²) in [5.74, 6) is -12.6. The van der Waals surface area contributed by atoms with Crippen LogP contribution in [0.2, 0.25) is 0 Å². The van der Waals surface area contributed by atoms with Gasteiger partial charge in [0.25, 0.3) is 22.4 Å². The first-order chi connectivity index (χ1) is 42.6. The highest BCUT2D eigenvalue weighted by Crippen LogP contribution is 2.50. The Morgan fingerprint density at radius 1 is 0.462 bits per heavy atom. The normalized spacial score (nSPS) is 25.8. The van der Waals surface area contributed by atoms with Crippen molar-refractivity contribution in [3.8, 4) is 0 Å². The minimum Gasteiger partial charge on any atom is -0.460 e. The summed E-state index contributed by atoms with van der Waals surface area (Å²) in [7, 11) is 3.30. The second-order valence-electron chi connectivity index (χ2n) is 22.1. The molecule has 0 unspecified atom stereocenters. The number of rotatable bonds is 25. The molecule has 2 heterocycles. The lowest BCUT2D eigenvalue weighted by Crippen LogP contribution is -2.60. The molecule has 0 amide bonds. The quantitative estimate of drug-likeness (QED) is 0.0347. The van der Waals surface area contributed by atoms with E-state index in [4.69, 9.17) is 56.8 Å². The molecule has 0 aromatic heterocycles. The summed E-state index contributed by atoms with van der Waals surface area (Å²) in [6, 6.07) is 22.5. The largest absolute Gasteiger partial charge is 0.460 e. The van der Waals surface area contributed by atoms with Crippen molar-refractivity contribution in [3.63, 3.8) is 0 Å². The fourth-order valence-corrected chi connectivity index (χ4v) is 12.2. The van der Waals surface area contributed by atoms with E-state index in [2.05, 4.69) is 0 Å². The second kappa shape index (κ2) is 29.3. The van der Waals surface area contributed by atoms with Crippen LogP contribution in [-0.2, 0) is 98.4 Å². The maximum atomic E-state index is 15.5. The van der Waals surface area contributed by atoms with E-state index >= 15 is 52.7 Å². The molecule has 0 aliphatic carbocycles. The summed E-state index contributed by atoms with van der Waals surface area (Å²) in [4.78, 5) is 57.0. The molecule has 2 saturated heterocycles. The number of hydrogen-bond acceptors (Lipinski definition) is 16. The fraction of sp³-hybridized carbons (Fsp3) is 0.556. The number of methoxy groups -OCH3 is 5. The van der Waals surface area contributed by atoms with E-state index in [1.165, 1.54) is 81.4 Å². The third-order valence-electron chi connectivity index (χ3n) is 17.0. The number of carbonyl (C=O) groups excluding carboxylic acids is 4. The van der Waals surface area contributed by atoms with Crippen LogP contribution in [0.3, 0.4) is 0 Å². The average molecular weight is 1310 g/mol. The van der Waals surface area contributed by atoms with Crippen molar-refractivity contribution in [2.45, 2.75) is 157 Å². The molecular formula is C63H72F12O16. The molecule has 504 valence electrons. The molecule has 6 rings (SSSR count). The van der Waals surface area contributed by atoms with E-state index in [0.717, 1.165) is 74.7 Å². The summed E-state index contributed by atoms with van der Waals surface area (Å²) < 4.78 is 251. The van der Waals surface area contributed by atoms with Crippen LogP contribution in [0.5, 0.6) is 0 Å². The van der Waals surface area contributed by atoms with Crippen molar-refractivity contribution in [1.82, 2.24) is 0 Å². The molecule has 4 aromatic carbocycles. The van der Waals surface area contributed by atoms with Gasteiger partial charge in [-0.1, -0.05) is 156 Å². The standard InChI is InChI=1S/C63H72F12O16/c1-12-44-35(2)48(90-47(87-44)33-45(89-54(78)58(83-10,62(70,71)72)42-29-21-15-22-30-42)51(80-7)39(6)86-53(77)57(82-9,61(67,68)69)41-27-19-14-20-28-41)37(4)50-38(5)49(91-55(79)59(84-11,63(73,74)75)43-31-23-16-24-32-43)36(3)46(88-50)34-85-52(76)56(81-8,60(64,65)66)40-25-17-13-18-26-40/h13-32,35-39,44-51H,12,33-34H2,1-11H3/t35-,36-,37-,38-,39+,44-,45+,46-,47-,48-,49-,50+,51+,56+,57+,58+,59+/m0/s1. The van der Waals surface area contributed by atoms with E-state index in [9.17, 15) is 19.2 Å². The lowest BCUT2D eigenvalue weighted by molar-refractivity contribution is -0.307. The Balaban J connectivity index is 1.44. The highest BCUT2D eigenvalue weighted by Gasteiger charge is 2.69. The third kappa shape index (κ3) is 14.1. The molecule has 0 saturated carbocycles. The highest BCUT2D eigenvalue weighted by atomic mass is 19.4. The van der Waals surface area contributed by atoms with Crippen molar-refractivity contribution in [1.29, 1.82) is 0 Å². The summed E-state index contributed by atoms with van der Waals surface area (Å²) in [6.45, 7) is 7.44. The van der Waals surface area contributed by atoms with Gasteiger partial charge in [0.1, 0.15) is 31.0 Å². The maximum Gasteiger partial charge on any atom is 0.432 e. The molecule has 28 heteroatoms. The van der Waals surface area contributed by atoms with E-state index in [1.54, 1.807) is 13.8 Å². The Labute approximate surface area is 517 Å². The summed E-state index contributed by atoms with van der Waals surface area (Å²) >= 11 is 0. The van der Waals surface area contributed by atoms with Gasteiger partial charge in [-0.15, -0.1) is 0 Å². The Hall–Kier alpha value is -6.40. The second-order valence-corrected chi connectivity index (χ2v) is 22.1. The number of halogens is 12. The van der Waals surface area contributed by atoms with Gasteiger partial charge in [0.05, 0.1) is 24.4 Å². The van der Waals surface area contributed by atoms with Crippen LogP contribution in [0.15, 0.2) is 121 Å². The molecule has 91 heavy (non-hydrogen) atoms. The molecule has 0 N–H and O–H groups in total. The fourth-order valence-electron chi connectivity index (χ4n) is 12.2. The number of hydrogen-bond donors (Lipinski definition) is 0. The van der Waals surface area contributed by atoms with Crippen LogP contribution in [0.1, 0.15) is 76.6 Å². The number of esters is 4. The number of ether oxygens (including phenoxy) is 12. The topological polar surface area (TPSA) is 179 Å². The van der Waals surface area contributed by atoms with Gasteiger partial charge in [-0.05, 0) is 13.3 Å². The Morgan fingerprint density at radius 2 is 0.824 bits per heavy atom. The number of carbonyl (C=O) groups is 4. The van der Waals surface area contributed by atoms with Gasteiger partial charge in [-0.25, -0.2) is 19.2 Å². The van der Waals surface area contributed by atoms with Crippen molar-refractivity contribution in [2.24, 2.45) is 23.7 Å². The molecule has 17 atom stereocenters. The molecule has 4 aromatic rings. The Kier molecular flexibility index (Phi) is 23.7. The smallest absolute Gasteiger partial charge is 0.432 e. The zero-order valence-corrected chi connectivity index (χ0v) is 51.2. The van der Waals surface area contributed by atoms with Crippen molar-refractivity contribution in [2.75, 3.05) is 42.2 Å². The van der Waals surface area contributed by atoms with E-state index in [1.807, 2.05) is 0 Å². The minimum absolute atomic E-state index is 0.121. The van der Waals surface area contributed by atoms with Gasteiger partial charge < -0.3 is 56.8 Å². The first kappa shape index (κ1) is 73.6. The molecular weight excluding hydrogens is 1240 g/mol. The molecule has 16 nitrogen and oxygen atoms in total. The zero-order valence-electron chi connectivity index (χ0n) is 51.2. The SMILES string of the molecule is CC[C@@H]1O[C@H](C[C@@H](OC(=O)[C@](OC)(c2ccccc2)C(F)(F)F)[C@H](OC)[C@@H](C)OC(=O)[C@](OC)(c2ccccc2)C(F)(F)F)O[C@H]([C@H](C)[C@H]2O[C@@H](COC(=O)[C@](OC)(c3ccccc3)C(F)(F)F)[C@H](C)[C@H](OC(=O)[C@](OC)(c3ccccc3)C(F)(F)F)[C@@H]2C)[C@H]1C. The van der Waals surface area contributed by atoms with Crippen LogP contribution < -0.4 is 0 Å². The molecule has 2 aliphatic heterocycles. The first-order valence-corrected chi connectivity index (χ1v) is 28.6. The van der Waals surface area contributed by atoms with Crippen molar-refractivity contribution in [3.05, 3.63) is 144 Å². The van der Waals surface area contributed by atoms with Crippen LogP contribution in [0, 0.1) is 23.7 Å². The Morgan fingerprint density at radius 3 is 1.19 bits per heavy atom. The monoisotopic (exact) mass is 1310 g/mol. The predicted molar refractivity (Wildman–Crippen MR) is 296 cm³/mol. The molecule has 2 fully saturated rings. The number of benzene rings is 4. The van der Waals surface area contributed by atoms with Crippen LogP contribution in [0.25, 0.3) is 0 Å². The average Bonchev–Trinajstić information content (AvgIpc) is 0.789. The van der Waals surface area contributed by atoms with Crippen LogP contribution >= 0.6 is 0 Å². The van der Waals surface area contributed by atoms with Crippen LogP contribution in [0.4, 0.5) is 52.7 Å². The van der Waals surface area contributed by atoms with Gasteiger partial charge >= 0.3 is 48.6 Å². The zero-order chi connectivity index (χ0) is 67.9. The molecule has 0 bridgehead atoms. The van der Waals surface area contributed by atoms with Gasteiger partial charge in [-0.3, -0.25) is 0 Å². The minimum atomic E-state index is -5.60. The van der Waals surface area contributed by atoms with Crippen LogP contribution in [-0.4, -0.2) is 146 Å². The van der Waals surface area contributed by atoms with E-state index in [0.29, 0.717) is 28.4 Å². The van der Waals surface area contributed by atoms with Crippen molar-refractivity contribution < 1.29 is 129 Å². The van der Waals surface area contributed by atoms with Gasteiger partial charge in [0.15, 0.2) is 6.29 Å². The van der Waals surface area contributed by atoms with Gasteiger partial charge in [0.2, 0.25) is 0 Å². The summed E-state index contributed by atoms with van der Waals surface area (Å²) in [6.07, 6.45) is -37.6. The molecule has 2 aliphatic rings. The summed E-state index contributed by atoms with van der Waals surface area (Å²) in [5.41, 5.74) is -18.1. The Bertz CT molecular complexity index is 3020. The lowest BCUT2D eigenvalue weighted by atomic mass is 9.74. The van der Waals surface area contributed by atoms with Crippen molar-refractivity contribution >= 4 is 23.9 Å². The molecule has 0 spiro atoms. The van der Waals surface area contributed by atoms with Gasteiger partial charge in [-0.2, -0.15) is 52.7 Å². The highest BCUT2D eigenvalue weighted by molar-refractivity contribution is 5.85. The van der Waals surface area contributed by atoms with E-state index in [-0.39, 0.29) is 6.42 Å². The first-order valence-electron chi connectivity index (χ1n) is 28.6. The summed E-state index contributed by atoms with van der Waals surface area (Å²) in [5, 5.41) is 0. The lowest BCUT2D eigenvalue weighted by Gasteiger charge is -2.51. The van der Waals surface area contributed by atoms with E-state index < -0.39 is 185 Å². The van der Waals surface area contributed by atoms with Gasteiger partial charge in [0, 0.05) is 87.9 Å².